The Balaban J connectivity index is 2.50. The second kappa shape index (κ2) is 5.41. The normalized spacial score (nSPS) is 9.85. The molecule has 0 bridgehead atoms. The molecule has 2 aromatic rings. The monoisotopic (exact) mass is 268 g/mol. The minimum absolute atomic E-state index is 0.124. The van der Waals surface area contributed by atoms with E-state index in [9.17, 15) is 10.1 Å². The van der Waals surface area contributed by atoms with E-state index in [1.807, 2.05) is 19.9 Å². The van der Waals surface area contributed by atoms with Crippen LogP contribution in [0, 0.1) is 35.3 Å². The highest BCUT2D eigenvalue weighted by molar-refractivity contribution is 5.53. The van der Waals surface area contributed by atoms with E-state index >= 15 is 0 Å². The van der Waals surface area contributed by atoms with E-state index in [4.69, 9.17) is 10.00 Å². The Morgan fingerprint density at radius 2 is 1.70 bits per heavy atom. The molecule has 0 fully saturated rings. The molecule has 5 nitrogen and oxygen atoms in total. The third-order valence-corrected chi connectivity index (χ3v) is 2.79. The molecule has 0 heterocycles. The van der Waals surface area contributed by atoms with Crippen LogP contribution < -0.4 is 4.74 Å². The molecule has 2 rings (SSSR count). The number of nitriles is 1. The Kier molecular flexibility index (Phi) is 3.67. The lowest BCUT2D eigenvalue weighted by Crippen LogP contribution is -1.95. The fraction of sp³-hybridized carbons (Fsp3) is 0.133. The summed E-state index contributed by atoms with van der Waals surface area (Å²) in [6.07, 6.45) is 0. The lowest BCUT2D eigenvalue weighted by Gasteiger charge is -2.09. The molecule has 0 spiro atoms. The first kappa shape index (κ1) is 13.6. The van der Waals surface area contributed by atoms with Gasteiger partial charge in [0, 0.05) is 6.07 Å². The Morgan fingerprint density at radius 1 is 1.10 bits per heavy atom. The van der Waals surface area contributed by atoms with Gasteiger partial charge in [0.25, 0.3) is 0 Å². The summed E-state index contributed by atoms with van der Waals surface area (Å²) >= 11 is 0. The lowest BCUT2D eigenvalue weighted by atomic mass is 10.1. The standard InChI is InChI=1S/C15H12N2O3/c1-10-3-5-12(9-16)14(7-10)20-15-8-11(2)4-6-13(15)17(18)19/h3-8H,1-2H3. The summed E-state index contributed by atoms with van der Waals surface area (Å²) in [7, 11) is 0. The van der Waals surface area contributed by atoms with Gasteiger partial charge in [0.1, 0.15) is 11.8 Å². The molecule has 2 aromatic carbocycles. The number of nitro groups is 1. The highest BCUT2D eigenvalue weighted by Gasteiger charge is 2.17. The zero-order valence-corrected chi connectivity index (χ0v) is 11.1. The van der Waals surface area contributed by atoms with Gasteiger partial charge in [-0.05, 0) is 43.2 Å². The predicted octanol–water partition coefficient (Wildman–Crippen LogP) is 3.88. The van der Waals surface area contributed by atoms with Crippen molar-refractivity contribution in [3.8, 4) is 17.6 Å². The first-order valence-corrected chi connectivity index (χ1v) is 5.95. The maximum atomic E-state index is 11.0. The van der Waals surface area contributed by atoms with Crippen LogP contribution in [-0.4, -0.2) is 4.92 Å². The highest BCUT2D eigenvalue weighted by atomic mass is 16.6. The average molecular weight is 268 g/mol. The van der Waals surface area contributed by atoms with Crippen LogP contribution in [0.25, 0.3) is 0 Å². The van der Waals surface area contributed by atoms with Crippen molar-refractivity contribution in [2.45, 2.75) is 13.8 Å². The molecular weight excluding hydrogens is 256 g/mol. The average Bonchev–Trinajstić information content (AvgIpc) is 2.38. The van der Waals surface area contributed by atoms with E-state index in [1.165, 1.54) is 6.07 Å². The molecular formula is C15H12N2O3. The van der Waals surface area contributed by atoms with Crippen molar-refractivity contribution in [2.24, 2.45) is 0 Å². The highest BCUT2D eigenvalue weighted by Crippen LogP contribution is 2.33. The van der Waals surface area contributed by atoms with Gasteiger partial charge < -0.3 is 4.74 Å². The first-order chi connectivity index (χ1) is 9.51. The molecule has 0 N–H and O–H groups in total. The molecule has 0 aliphatic carbocycles. The largest absolute Gasteiger partial charge is 0.449 e. The van der Waals surface area contributed by atoms with E-state index in [1.54, 1.807) is 30.3 Å². The maximum Gasteiger partial charge on any atom is 0.311 e. The molecule has 0 unspecified atom stereocenters. The van der Waals surface area contributed by atoms with Gasteiger partial charge in [-0.1, -0.05) is 12.1 Å². The molecule has 0 saturated heterocycles. The minimum Gasteiger partial charge on any atom is -0.449 e. The second-order valence-corrected chi connectivity index (χ2v) is 4.44. The first-order valence-electron chi connectivity index (χ1n) is 5.95. The van der Waals surface area contributed by atoms with Gasteiger partial charge in [0.2, 0.25) is 5.75 Å². The van der Waals surface area contributed by atoms with Crippen LogP contribution in [0.5, 0.6) is 11.5 Å². The number of ether oxygens (including phenoxy) is 1. The SMILES string of the molecule is Cc1ccc(C#N)c(Oc2cc(C)ccc2[N+](=O)[O-])c1. The smallest absolute Gasteiger partial charge is 0.311 e. The summed E-state index contributed by atoms with van der Waals surface area (Å²) in [4.78, 5) is 10.5. The topological polar surface area (TPSA) is 76.2 Å². The number of nitro benzene ring substituents is 1. The molecule has 0 aliphatic heterocycles. The van der Waals surface area contributed by atoms with Gasteiger partial charge in [0.05, 0.1) is 10.5 Å². The number of nitrogens with zero attached hydrogens (tertiary/aromatic N) is 2. The molecule has 0 aromatic heterocycles. The maximum absolute atomic E-state index is 11.0. The fourth-order valence-electron chi connectivity index (χ4n) is 1.78. The van der Waals surface area contributed by atoms with Crippen LogP contribution in [0.3, 0.4) is 0 Å². The van der Waals surface area contributed by atoms with Crippen LogP contribution in [0.2, 0.25) is 0 Å². The van der Waals surface area contributed by atoms with Gasteiger partial charge in [-0.2, -0.15) is 5.26 Å². The van der Waals surface area contributed by atoms with Gasteiger partial charge in [-0.25, -0.2) is 0 Å². The van der Waals surface area contributed by atoms with Crippen molar-refractivity contribution < 1.29 is 9.66 Å². The van der Waals surface area contributed by atoms with Crippen molar-refractivity contribution in [1.29, 1.82) is 5.26 Å². The van der Waals surface area contributed by atoms with Gasteiger partial charge in [-0.15, -0.1) is 0 Å². The summed E-state index contributed by atoms with van der Waals surface area (Å²) in [5.74, 6) is 0.457. The third kappa shape index (κ3) is 2.75. The van der Waals surface area contributed by atoms with Crippen LogP contribution in [0.4, 0.5) is 5.69 Å². The van der Waals surface area contributed by atoms with E-state index in [2.05, 4.69) is 0 Å². The summed E-state index contributed by atoms with van der Waals surface area (Å²) < 4.78 is 5.59. The lowest BCUT2D eigenvalue weighted by molar-refractivity contribution is -0.385. The van der Waals surface area contributed by atoms with Gasteiger partial charge >= 0.3 is 5.69 Å². The second-order valence-electron chi connectivity index (χ2n) is 4.44. The van der Waals surface area contributed by atoms with Crippen LogP contribution in [0.1, 0.15) is 16.7 Å². The molecule has 100 valence electrons. The molecule has 0 aliphatic rings. The summed E-state index contributed by atoms with van der Waals surface area (Å²) in [6.45, 7) is 3.68. The molecule has 0 radical (unpaired) electrons. The number of rotatable bonds is 3. The summed E-state index contributed by atoms with van der Waals surface area (Å²) in [5, 5.41) is 20.1. The van der Waals surface area contributed by atoms with Gasteiger partial charge in [-0.3, -0.25) is 10.1 Å². The van der Waals surface area contributed by atoms with E-state index < -0.39 is 4.92 Å². The van der Waals surface area contributed by atoms with Crippen molar-refractivity contribution >= 4 is 5.69 Å². The Morgan fingerprint density at radius 3 is 2.30 bits per heavy atom. The predicted molar refractivity (Wildman–Crippen MR) is 73.8 cm³/mol. The van der Waals surface area contributed by atoms with Crippen LogP contribution in [0.15, 0.2) is 36.4 Å². The fourth-order valence-corrected chi connectivity index (χ4v) is 1.78. The van der Waals surface area contributed by atoms with Crippen molar-refractivity contribution in [3.05, 3.63) is 63.2 Å². The molecule has 0 amide bonds. The number of aryl methyl sites for hydroxylation is 2. The van der Waals surface area contributed by atoms with Crippen molar-refractivity contribution in [3.63, 3.8) is 0 Å². The van der Waals surface area contributed by atoms with E-state index in [0.717, 1.165) is 11.1 Å². The van der Waals surface area contributed by atoms with Gasteiger partial charge in [0.15, 0.2) is 0 Å². The van der Waals surface area contributed by atoms with E-state index in [-0.39, 0.29) is 11.4 Å². The Hall–Kier alpha value is -2.87. The van der Waals surface area contributed by atoms with Crippen molar-refractivity contribution in [2.75, 3.05) is 0 Å². The summed E-state index contributed by atoms with van der Waals surface area (Å²) in [6, 6.07) is 11.7. The van der Waals surface area contributed by atoms with E-state index in [0.29, 0.717) is 11.3 Å². The van der Waals surface area contributed by atoms with Crippen LogP contribution >= 0.6 is 0 Å². The minimum atomic E-state index is -0.503. The number of hydrogen-bond acceptors (Lipinski definition) is 4. The zero-order chi connectivity index (χ0) is 14.7. The zero-order valence-electron chi connectivity index (χ0n) is 11.1. The Bertz CT molecular complexity index is 718. The summed E-state index contributed by atoms with van der Waals surface area (Å²) in [5.41, 5.74) is 1.97. The third-order valence-electron chi connectivity index (χ3n) is 2.79. The van der Waals surface area contributed by atoms with Crippen LogP contribution in [-0.2, 0) is 0 Å². The number of benzene rings is 2. The number of hydrogen-bond donors (Lipinski definition) is 0. The molecule has 0 atom stereocenters. The molecule has 5 heteroatoms. The Labute approximate surface area is 116 Å². The molecule has 0 saturated carbocycles. The van der Waals surface area contributed by atoms with Crippen molar-refractivity contribution in [1.82, 2.24) is 0 Å². The quantitative estimate of drug-likeness (QED) is 0.625. The molecule has 20 heavy (non-hydrogen) atoms.